The van der Waals surface area contributed by atoms with Crippen molar-refractivity contribution in [3.63, 3.8) is 0 Å². The van der Waals surface area contributed by atoms with Crippen molar-refractivity contribution in [3.05, 3.63) is 94.8 Å². The SMILES string of the molecule is O=S(=O)(N/N=C/c1ccc(OCc2ccc(F)cc2)cc1)c1ccc(Cl)cc1. The lowest BCUT2D eigenvalue weighted by atomic mass is 10.2. The minimum absolute atomic E-state index is 0.0681. The highest BCUT2D eigenvalue weighted by Gasteiger charge is 2.11. The summed E-state index contributed by atoms with van der Waals surface area (Å²) in [6.07, 6.45) is 1.39. The summed E-state index contributed by atoms with van der Waals surface area (Å²) in [5.41, 5.74) is 1.54. The van der Waals surface area contributed by atoms with Gasteiger partial charge in [0, 0.05) is 5.02 Å². The van der Waals surface area contributed by atoms with E-state index in [4.69, 9.17) is 16.3 Å². The fourth-order valence-corrected chi connectivity index (χ4v) is 3.15. The molecule has 0 unspecified atom stereocenters. The van der Waals surface area contributed by atoms with Crippen LogP contribution in [0.3, 0.4) is 0 Å². The molecule has 0 aliphatic carbocycles. The van der Waals surface area contributed by atoms with Gasteiger partial charge in [-0.15, -0.1) is 0 Å². The summed E-state index contributed by atoms with van der Waals surface area (Å²) < 4.78 is 42.7. The number of nitrogens with one attached hydrogen (secondary N) is 1. The number of ether oxygens (including phenoxy) is 1. The van der Waals surface area contributed by atoms with Crippen LogP contribution in [0.5, 0.6) is 5.75 Å². The van der Waals surface area contributed by atoms with Crippen molar-refractivity contribution in [1.29, 1.82) is 0 Å². The first-order chi connectivity index (χ1) is 13.4. The van der Waals surface area contributed by atoms with Gasteiger partial charge in [0.1, 0.15) is 18.2 Å². The van der Waals surface area contributed by atoms with Gasteiger partial charge in [-0.2, -0.15) is 13.5 Å². The van der Waals surface area contributed by atoms with E-state index in [0.29, 0.717) is 22.9 Å². The van der Waals surface area contributed by atoms with Crippen LogP contribution in [0.1, 0.15) is 11.1 Å². The maximum atomic E-state index is 12.9. The van der Waals surface area contributed by atoms with Crippen molar-refractivity contribution in [3.8, 4) is 5.75 Å². The molecule has 1 N–H and O–H groups in total. The van der Waals surface area contributed by atoms with Crippen LogP contribution >= 0.6 is 11.6 Å². The van der Waals surface area contributed by atoms with Gasteiger partial charge in [-0.25, -0.2) is 9.22 Å². The fourth-order valence-electron chi connectivity index (χ4n) is 2.23. The predicted octanol–water partition coefficient (Wildman–Crippen LogP) is 4.37. The lowest BCUT2D eigenvalue weighted by Crippen LogP contribution is -2.18. The molecule has 3 rings (SSSR count). The number of halogens is 2. The highest BCUT2D eigenvalue weighted by Crippen LogP contribution is 2.15. The Labute approximate surface area is 167 Å². The Morgan fingerprint density at radius 3 is 2.25 bits per heavy atom. The minimum Gasteiger partial charge on any atom is -0.489 e. The van der Waals surface area contributed by atoms with E-state index in [-0.39, 0.29) is 10.7 Å². The highest BCUT2D eigenvalue weighted by molar-refractivity contribution is 7.89. The molecular weight excluding hydrogens is 403 g/mol. The normalized spacial score (nSPS) is 11.5. The van der Waals surface area contributed by atoms with Crippen LogP contribution in [-0.4, -0.2) is 14.6 Å². The topological polar surface area (TPSA) is 67.8 Å². The molecule has 3 aromatic carbocycles. The average molecular weight is 419 g/mol. The molecule has 0 bridgehead atoms. The zero-order valence-electron chi connectivity index (χ0n) is 14.5. The quantitative estimate of drug-likeness (QED) is 0.457. The molecule has 0 saturated carbocycles. The van der Waals surface area contributed by atoms with Crippen molar-refractivity contribution < 1.29 is 17.5 Å². The summed E-state index contributed by atoms with van der Waals surface area (Å²) in [4.78, 5) is 2.21. The first-order valence-electron chi connectivity index (χ1n) is 8.20. The molecule has 0 aromatic heterocycles. The average Bonchev–Trinajstić information content (AvgIpc) is 2.69. The summed E-state index contributed by atoms with van der Waals surface area (Å²) in [6, 6.07) is 18.8. The summed E-state index contributed by atoms with van der Waals surface area (Å²) in [5, 5.41) is 4.22. The van der Waals surface area contributed by atoms with Gasteiger partial charge in [0.25, 0.3) is 10.0 Å². The first-order valence-corrected chi connectivity index (χ1v) is 10.1. The van der Waals surface area contributed by atoms with Crippen LogP contribution in [0.25, 0.3) is 0 Å². The molecule has 3 aromatic rings. The van der Waals surface area contributed by atoms with Crippen molar-refractivity contribution in [1.82, 2.24) is 4.83 Å². The largest absolute Gasteiger partial charge is 0.489 e. The van der Waals surface area contributed by atoms with Gasteiger partial charge >= 0.3 is 0 Å². The first kappa shape index (κ1) is 19.9. The fraction of sp³-hybridized carbons (Fsp3) is 0.0500. The van der Waals surface area contributed by atoms with Crippen LogP contribution in [0.2, 0.25) is 5.02 Å². The zero-order valence-corrected chi connectivity index (χ0v) is 16.1. The molecule has 144 valence electrons. The van der Waals surface area contributed by atoms with Crippen LogP contribution in [0, 0.1) is 5.82 Å². The van der Waals surface area contributed by atoms with Gasteiger partial charge < -0.3 is 4.74 Å². The highest BCUT2D eigenvalue weighted by atomic mass is 35.5. The summed E-state index contributed by atoms with van der Waals surface area (Å²) in [5.74, 6) is 0.335. The number of sulfonamides is 1. The van der Waals surface area contributed by atoms with E-state index in [0.717, 1.165) is 5.56 Å². The van der Waals surface area contributed by atoms with Gasteiger partial charge in [0.15, 0.2) is 0 Å². The van der Waals surface area contributed by atoms with E-state index >= 15 is 0 Å². The molecule has 0 fully saturated rings. The standard InChI is InChI=1S/C20H16ClFN2O3S/c21-17-5-11-20(12-6-17)28(25,26)24-23-13-15-3-9-19(10-4-15)27-14-16-1-7-18(22)8-2-16/h1-13,24H,14H2/b23-13+. The van der Waals surface area contributed by atoms with E-state index in [1.807, 2.05) is 0 Å². The van der Waals surface area contributed by atoms with Crippen LogP contribution < -0.4 is 9.57 Å². The van der Waals surface area contributed by atoms with Crippen molar-refractivity contribution in [2.45, 2.75) is 11.5 Å². The molecule has 8 heteroatoms. The maximum Gasteiger partial charge on any atom is 0.276 e. The lowest BCUT2D eigenvalue weighted by molar-refractivity contribution is 0.306. The smallest absolute Gasteiger partial charge is 0.276 e. The molecule has 0 radical (unpaired) electrons. The third kappa shape index (κ3) is 5.55. The van der Waals surface area contributed by atoms with E-state index in [2.05, 4.69) is 9.93 Å². The molecule has 0 atom stereocenters. The predicted molar refractivity (Wildman–Crippen MR) is 107 cm³/mol. The summed E-state index contributed by atoms with van der Waals surface area (Å²) in [6.45, 7) is 0.314. The molecular formula is C20H16ClFN2O3S. The summed E-state index contributed by atoms with van der Waals surface area (Å²) in [7, 11) is -3.76. The van der Waals surface area contributed by atoms with Crippen molar-refractivity contribution in [2.75, 3.05) is 0 Å². The van der Waals surface area contributed by atoms with Gasteiger partial charge in [0.05, 0.1) is 11.1 Å². The molecule has 0 heterocycles. The minimum atomic E-state index is -3.76. The number of benzene rings is 3. The molecule has 0 amide bonds. The molecule has 0 aliphatic rings. The van der Waals surface area contributed by atoms with Crippen molar-refractivity contribution in [2.24, 2.45) is 5.10 Å². The molecule has 0 spiro atoms. The second kappa shape index (κ2) is 8.86. The third-order valence-electron chi connectivity index (χ3n) is 3.71. The number of hydrogen-bond donors (Lipinski definition) is 1. The van der Waals surface area contributed by atoms with Gasteiger partial charge in [-0.1, -0.05) is 23.7 Å². The van der Waals surface area contributed by atoms with E-state index in [9.17, 15) is 12.8 Å². The number of hydrazone groups is 1. The Kier molecular flexibility index (Phi) is 6.28. The summed E-state index contributed by atoms with van der Waals surface area (Å²) >= 11 is 5.75. The second-order valence-corrected chi connectivity index (χ2v) is 7.89. The Morgan fingerprint density at radius 1 is 0.964 bits per heavy atom. The second-order valence-electron chi connectivity index (χ2n) is 5.79. The third-order valence-corrected chi connectivity index (χ3v) is 5.20. The Balaban J connectivity index is 1.56. The number of rotatable bonds is 7. The number of nitrogens with zero attached hydrogens (tertiary/aromatic N) is 1. The maximum absolute atomic E-state index is 12.9. The monoisotopic (exact) mass is 418 g/mol. The number of hydrogen-bond acceptors (Lipinski definition) is 4. The molecule has 5 nitrogen and oxygen atoms in total. The van der Waals surface area contributed by atoms with Gasteiger partial charge in [-0.05, 0) is 71.8 Å². The molecule has 0 saturated heterocycles. The van der Waals surface area contributed by atoms with Crippen LogP contribution in [0.4, 0.5) is 4.39 Å². The zero-order chi connectivity index (χ0) is 20.0. The van der Waals surface area contributed by atoms with E-state index < -0.39 is 10.0 Å². The Morgan fingerprint density at radius 2 is 1.61 bits per heavy atom. The van der Waals surface area contributed by atoms with Gasteiger partial charge in [-0.3, -0.25) is 0 Å². The van der Waals surface area contributed by atoms with E-state index in [1.54, 1.807) is 36.4 Å². The lowest BCUT2D eigenvalue weighted by Gasteiger charge is -2.06. The Bertz CT molecular complexity index is 1050. The van der Waals surface area contributed by atoms with Crippen LogP contribution in [0.15, 0.2) is 82.8 Å². The van der Waals surface area contributed by atoms with E-state index in [1.165, 1.54) is 42.6 Å². The van der Waals surface area contributed by atoms with Crippen molar-refractivity contribution >= 4 is 27.8 Å². The van der Waals surface area contributed by atoms with Gasteiger partial charge in [0.2, 0.25) is 0 Å². The van der Waals surface area contributed by atoms with Crippen LogP contribution in [-0.2, 0) is 16.6 Å². The molecule has 28 heavy (non-hydrogen) atoms. The molecule has 0 aliphatic heterocycles. The Hall–Kier alpha value is -2.90.